The zero-order valence-electron chi connectivity index (χ0n) is 21.5. The maximum absolute atomic E-state index is 13.7. The van der Waals surface area contributed by atoms with E-state index in [1.54, 1.807) is 30.4 Å². The van der Waals surface area contributed by atoms with Crippen LogP contribution in [0.1, 0.15) is 28.6 Å². The van der Waals surface area contributed by atoms with E-state index in [1.807, 2.05) is 36.5 Å². The van der Waals surface area contributed by atoms with Crippen LogP contribution in [0.25, 0.3) is 54.8 Å². The van der Waals surface area contributed by atoms with Crippen LogP contribution in [0, 0.1) is 0 Å². The molecule has 6 heterocycles. The van der Waals surface area contributed by atoms with Crippen molar-refractivity contribution in [2.24, 2.45) is 0 Å². The summed E-state index contributed by atoms with van der Waals surface area (Å²) >= 11 is 1.46. The van der Waals surface area contributed by atoms with Gasteiger partial charge in [0, 0.05) is 64.9 Å². The number of thiophene rings is 1. The number of fused-ring (bicyclic) bond motifs is 2. The Morgan fingerprint density at radius 2 is 1.88 bits per heavy atom. The second kappa shape index (κ2) is 9.42. The van der Waals surface area contributed by atoms with E-state index in [1.165, 1.54) is 11.3 Å². The number of H-pyrrole nitrogens is 2. The lowest BCUT2D eigenvalue weighted by Crippen LogP contribution is -2.24. The van der Waals surface area contributed by atoms with Gasteiger partial charge in [0.1, 0.15) is 5.69 Å². The summed E-state index contributed by atoms with van der Waals surface area (Å²) in [6.07, 6.45) is 7.04. The number of hydrogen-bond acceptors (Lipinski definition) is 6. The van der Waals surface area contributed by atoms with Gasteiger partial charge in [-0.25, -0.2) is 8.78 Å². The number of aromatic amines is 2. The van der Waals surface area contributed by atoms with Gasteiger partial charge in [-0.3, -0.25) is 24.8 Å². The summed E-state index contributed by atoms with van der Waals surface area (Å²) in [6, 6.07) is 13.9. The predicted molar refractivity (Wildman–Crippen MR) is 153 cm³/mol. The number of alkyl halides is 2. The molecule has 40 heavy (non-hydrogen) atoms. The normalized spacial score (nSPS) is 15.4. The number of ketones is 1. The number of likely N-dealkylation sites (tertiary alicyclic amines) is 1. The first-order chi connectivity index (χ1) is 19.3. The summed E-state index contributed by atoms with van der Waals surface area (Å²) in [5.41, 5.74) is 7.13. The molecule has 7 rings (SSSR count). The quantitative estimate of drug-likeness (QED) is 0.218. The third-order valence-electron chi connectivity index (χ3n) is 7.37. The van der Waals surface area contributed by atoms with Gasteiger partial charge in [-0.15, -0.1) is 11.3 Å². The van der Waals surface area contributed by atoms with Gasteiger partial charge in [0.2, 0.25) is 0 Å². The molecule has 0 aliphatic carbocycles. The lowest BCUT2D eigenvalue weighted by Gasteiger charge is -2.15. The van der Waals surface area contributed by atoms with Gasteiger partial charge in [0.05, 0.1) is 34.3 Å². The molecule has 0 radical (unpaired) electrons. The van der Waals surface area contributed by atoms with Crippen LogP contribution in [0.4, 0.5) is 8.78 Å². The molecule has 1 aliphatic heterocycles. The first-order valence-corrected chi connectivity index (χ1v) is 13.8. The van der Waals surface area contributed by atoms with Crippen LogP contribution in [-0.2, 0) is 6.54 Å². The topological polar surface area (TPSA) is 90.6 Å². The highest BCUT2D eigenvalue weighted by Gasteiger charge is 2.37. The van der Waals surface area contributed by atoms with E-state index in [2.05, 4.69) is 37.3 Å². The van der Waals surface area contributed by atoms with Crippen molar-refractivity contribution in [2.75, 3.05) is 13.1 Å². The van der Waals surface area contributed by atoms with Gasteiger partial charge in [0.25, 0.3) is 5.92 Å². The van der Waals surface area contributed by atoms with Crippen LogP contribution in [0.5, 0.6) is 0 Å². The van der Waals surface area contributed by atoms with Crippen LogP contribution in [0.15, 0.2) is 67.3 Å². The van der Waals surface area contributed by atoms with Gasteiger partial charge in [-0.2, -0.15) is 5.10 Å². The number of carbonyl (C=O) groups is 1. The number of aromatic nitrogens is 5. The minimum Gasteiger partial charge on any atom is -0.352 e. The fraction of sp³-hybridized carbons (Fsp3) is 0.200. The molecule has 0 unspecified atom stereocenters. The molecular weight excluding hydrogens is 530 g/mol. The highest BCUT2D eigenvalue weighted by molar-refractivity contribution is 7.17. The molecule has 1 aliphatic rings. The summed E-state index contributed by atoms with van der Waals surface area (Å²) in [7, 11) is 0. The Labute approximate surface area is 231 Å². The van der Waals surface area contributed by atoms with Crippen molar-refractivity contribution in [1.29, 1.82) is 0 Å². The van der Waals surface area contributed by atoms with Gasteiger partial charge >= 0.3 is 0 Å². The molecule has 7 nitrogen and oxygen atoms in total. The van der Waals surface area contributed by atoms with E-state index in [4.69, 9.17) is 0 Å². The number of nitrogens with one attached hydrogen (secondary N) is 2. The Balaban J connectivity index is 1.24. The van der Waals surface area contributed by atoms with E-state index < -0.39 is 5.92 Å². The fourth-order valence-electron chi connectivity index (χ4n) is 5.38. The Bertz CT molecular complexity index is 1900. The average Bonchev–Trinajstić information content (AvgIpc) is 3.73. The zero-order valence-corrected chi connectivity index (χ0v) is 22.4. The molecule has 200 valence electrons. The van der Waals surface area contributed by atoms with Crippen molar-refractivity contribution >= 4 is 38.9 Å². The second-order valence-electron chi connectivity index (χ2n) is 10.3. The maximum Gasteiger partial charge on any atom is 0.261 e. The van der Waals surface area contributed by atoms with Crippen molar-refractivity contribution in [1.82, 2.24) is 30.0 Å². The molecule has 0 bridgehead atoms. The van der Waals surface area contributed by atoms with Gasteiger partial charge in [-0.05, 0) is 54.4 Å². The zero-order chi connectivity index (χ0) is 27.4. The summed E-state index contributed by atoms with van der Waals surface area (Å²) in [6.45, 7) is 2.18. The van der Waals surface area contributed by atoms with E-state index in [9.17, 15) is 13.6 Å². The minimum atomic E-state index is -2.62. The second-order valence-corrected chi connectivity index (χ2v) is 11.4. The number of rotatable bonds is 6. The van der Waals surface area contributed by atoms with Crippen molar-refractivity contribution < 1.29 is 13.6 Å². The van der Waals surface area contributed by atoms with Crippen molar-refractivity contribution in [3.8, 4) is 33.0 Å². The molecule has 0 atom stereocenters. The number of carbonyl (C=O) groups excluding carboxylic acids is 1. The fourth-order valence-corrected chi connectivity index (χ4v) is 6.30. The first-order valence-electron chi connectivity index (χ1n) is 12.9. The molecule has 2 N–H and O–H groups in total. The Hall–Kier alpha value is -4.28. The van der Waals surface area contributed by atoms with Crippen LogP contribution in [-0.4, -0.2) is 54.8 Å². The predicted octanol–water partition coefficient (Wildman–Crippen LogP) is 6.94. The Morgan fingerprint density at radius 1 is 1.00 bits per heavy atom. The average molecular weight is 555 g/mol. The van der Waals surface area contributed by atoms with E-state index in [0.29, 0.717) is 18.0 Å². The molecule has 0 saturated carbocycles. The molecular formula is C30H24F2N6OS. The van der Waals surface area contributed by atoms with Gasteiger partial charge in [0.15, 0.2) is 5.78 Å². The lowest BCUT2D eigenvalue weighted by molar-refractivity contribution is 0.0115. The van der Waals surface area contributed by atoms with Crippen LogP contribution in [0.2, 0.25) is 0 Å². The van der Waals surface area contributed by atoms with Gasteiger partial charge < -0.3 is 4.98 Å². The number of pyridine rings is 2. The Morgan fingerprint density at radius 3 is 2.67 bits per heavy atom. The Kier molecular flexibility index (Phi) is 5.83. The van der Waals surface area contributed by atoms with Crippen LogP contribution >= 0.6 is 11.3 Å². The monoisotopic (exact) mass is 554 g/mol. The summed E-state index contributed by atoms with van der Waals surface area (Å²) in [4.78, 5) is 27.6. The maximum atomic E-state index is 13.7. The third kappa shape index (κ3) is 4.48. The van der Waals surface area contributed by atoms with Crippen molar-refractivity contribution in [3.63, 3.8) is 0 Å². The molecule has 5 aromatic heterocycles. The first kappa shape index (κ1) is 24.7. The summed E-state index contributed by atoms with van der Waals surface area (Å²) in [5, 5.41) is 9.68. The van der Waals surface area contributed by atoms with E-state index in [0.717, 1.165) is 60.3 Å². The molecule has 1 saturated heterocycles. The van der Waals surface area contributed by atoms with E-state index >= 15 is 0 Å². The highest BCUT2D eigenvalue weighted by Crippen LogP contribution is 2.37. The molecule has 1 aromatic carbocycles. The van der Waals surface area contributed by atoms with Crippen molar-refractivity contribution in [3.05, 3.63) is 77.7 Å². The standard InChI is InChI=1S/C30H24F2N6OS/c1-17(39)27-4-5-28(40-27)23-13-34-14-26-21(23)10-25(35-26)29-22-9-19(2-3-24(22)36-37-29)20-8-18(11-33-12-20)15-38-7-6-30(31,32)16-38/h2-5,8-14,35H,6-7,15-16H2,1H3,(H,36,37). The van der Waals surface area contributed by atoms with Crippen LogP contribution < -0.4 is 0 Å². The molecule has 0 spiro atoms. The van der Waals surface area contributed by atoms with E-state index in [-0.39, 0.29) is 18.7 Å². The van der Waals surface area contributed by atoms with Crippen molar-refractivity contribution in [2.45, 2.75) is 25.8 Å². The molecule has 10 heteroatoms. The van der Waals surface area contributed by atoms with Crippen LogP contribution in [0.3, 0.4) is 0 Å². The number of benzene rings is 1. The number of halogens is 2. The smallest absolute Gasteiger partial charge is 0.261 e. The lowest BCUT2D eigenvalue weighted by atomic mass is 10.0. The number of Topliss-reactive ketones (excluding diaryl/α,β-unsaturated/α-hetero) is 1. The third-order valence-corrected chi connectivity index (χ3v) is 8.58. The summed E-state index contributed by atoms with van der Waals surface area (Å²) < 4.78 is 27.3. The SMILES string of the molecule is CC(=O)c1ccc(-c2cncc3[nH]c(-c4n[nH]c5ccc(-c6cncc(CN7CCC(F)(F)C7)c6)cc45)cc23)s1. The highest BCUT2D eigenvalue weighted by atomic mass is 32.1. The minimum absolute atomic E-state index is 0.0447. The largest absolute Gasteiger partial charge is 0.352 e. The molecule has 6 aromatic rings. The molecule has 0 amide bonds. The number of hydrogen-bond donors (Lipinski definition) is 2. The number of nitrogens with zero attached hydrogens (tertiary/aromatic N) is 4. The van der Waals surface area contributed by atoms with Gasteiger partial charge in [-0.1, -0.05) is 6.07 Å². The summed E-state index contributed by atoms with van der Waals surface area (Å²) in [5.74, 6) is -2.57. The molecule has 1 fully saturated rings.